The Balaban J connectivity index is 0.000000155. The average Bonchev–Trinajstić information content (AvgIpc) is 1.65. The number of aliphatic carboxylic acids is 3. The van der Waals surface area contributed by atoms with Crippen LogP contribution in [0, 0.1) is 5.92 Å². The van der Waals surface area contributed by atoms with Gasteiger partial charge in [0.05, 0.1) is 39.2 Å². The molecule has 0 radical (unpaired) electrons. The first kappa shape index (κ1) is 64.6. The van der Waals surface area contributed by atoms with Gasteiger partial charge in [0.25, 0.3) is 0 Å². The van der Waals surface area contributed by atoms with E-state index >= 15 is 0 Å². The van der Waals surface area contributed by atoms with E-state index in [1.54, 1.807) is 18.1 Å². The van der Waals surface area contributed by atoms with E-state index < -0.39 is 59.2 Å². The number of methoxy groups -OCH3 is 2. The molecule has 4 fully saturated rings. The molecule has 5 N–H and O–H groups in total. The van der Waals surface area contributed by atoms with E-state index in [1.807, 2.05) is 80.6 Å². The van der Waals surface area contributed by atoms with Crippen LogP contribution in [0.2, 0.25) is 0 Å². The Labute approximate surface area is 538 Å². The lowest BCUT2D eigenvalue weighted by Crippen LogP contribution is -2.68. The van der Waals surface area contributed by atoms with E-state index in [-0.39, 0.29) is 68.1 Å². The van der Waals surface area contributed by atoms with Gasteiger partial charge in [-0.05, 0) is 101 Å². The fourth-order valence-corrected chi connectivity index (χ4v) is 14.9. The van der Waals surface area contributed by atoms with Crippen LogP contribution in [-0.4, -0.2) is 149 Å². The number of ether oxygens (including phenoxy) is 5. The van der Waals surface area contributed by atoms with E-state index in [0.717, 1.165) is 55.6 Å². The monoisotopic (exact) mass is 1270 g/mol. The average molecular weight is 1270 g/mol. The van der Waals surface area contributed by atoms with Gasteiger partial charge in [0.1, 0.15) is 59.9 Å². The van der Waals surface area contributed by atoms with Gasteiger partial charge in [-0.1, -0.05) is 137 Å². The number of amides is 5. The summed E-state index contributed by atoms with van der Waals surface area (Å²) in [6.07, 6.45) is 1.89. The molecule has 1 unspecified atom stereocenters. The van der Waals surface area contributed by atoms with Crippen molar-refractivity contribution in [3.8, 4) is 45.3 Å². The number of hydrogen-bond donors (Lipinski definition) is 5. The van der Waals surface area contributed by atoms with Crippen molar-refractivity contribution in [1.82, 2.24) is 25.3 Å². The van der Waals surface area contributed by atoms with Crippen LogP contribution in [0.15, 0.2) is 121 Å². The Morgan fingerprint density at radius 1 is 0.645 bits per heavy atom. The first-order valence-corrected chi connectivity index (χ1v) is 31.6. The second-order valence-electron chi connectivity index (χ2n) is 25.2. The Morgan fingerprint density at radius 2 is 1.14 bits per heavy atom. The standard InChI is InChI=1S/C35H33NO7.C25H26N2O5.C12H18N2O4/c1-35(2)27-13-15-29(40-3)24(17-31(37)38)32(27)43-33-25(30(41-4)16-14-28(33)35)18-36-34(39)42-19-26-22-11-7-5-9-20(22)21-10-6-8-12-23(21)26;28-23(26-13-6-12-22(26)24(29)30)21-11-5-14-27(21)25(31)32-15-20-18-9-3-1-7-16(18)17-8-2-4-10-19(17)20;1-3-12-5-7(2)6-14(12)10(17)8(4-9(15)16)13-11(12)18/h5-16,26H,17-19H2,1-4H3,(H,36,39)(H,37,38);1-4,7-10,20-22H,5-6,11-15H2,(H,29,30);7-8H,3-6H2,1-2H3,(H,13,18)(H,15,16)/t;21?,22-;7-,8-,12-/m.00/s1. The molecule has 0 aromatic heterocycles. The number of piperazine rings is 1. The van der Waals surface area contributed by atoms with Crippen LogP contribution in [0.3, 0.4) is 0 Å². The molecule has 0 spiro atoms. The number of hydrogen-bond acceptors (Lipinski definition) is 13. The maximum absolute atomic E-state index is 13.1. The molecule has 2 aliphatic carbocycles. The Bertz CT molecular complexity index is 3850. The van der Waals surface area contributed by atoms with Crippen LogP contribution in [0.1, 0.15) is 129 Å². The summed E-state index contributed by atoms with van der Waals surface area (Å²) >= 11 is 0. The summed E-state index contributed by atoms with van der Waals surface area (Å²) in [5, 5.41) is 33.3. The SMILES string of the molecule is CC[C@@]12C[C@H](C)CN1C(=O)[C@H](CC(=O)O)NC2=O.COc1ccc2c(c1CNC(=O)OCC1c3ccccc3-c3ccccc31)Oc1c(ccc(OC)c1CC(=O)O)C2(C)C.O=C(O)[C@@H]1CCCN1C(=O)C1CCCN1C(=O)OCC1c2ccccc2-c2ccccc21. The summed E-state index contributed by atoms with van der Waals surface area (Å²) < 4.78 is 29.2. The second-order valence-corrected chi connectivity index (χ2v) is 25.2. The highest BCUT2D eigenvalue weighted by Crippen LogP contribution is 2.54. The van der Waals surface area contributed by atoms with Crippen LogP contribution in [-0.2, 0) is 56.6 Å². The van der Waals surface area contributed by atoms with Gasteiger partial charge in [-0.25, -0.2) is 14.4 Å². The molecule has 5 atom stereocenters. The number of carbonyl (C=O) groups is 8. The van der Waals surface area contributed by atoms with Gasteiger partial charge >= 0.3 is 30.1 Å². The minimum atomic E-state index is -1.08. The van der Waals surface area contributed by atoms with Crippen LogP contribution in [0.5, 0.6) is 23.0 Å². The summed E-state index contributed by atoms with van der Waals surface area (Å²) in [7, 11) is 3.06. The number of benzene rings is 6. The maximum Gasteiger partial charge on any atom is 0.410 e. The first-order chi connectivity index (χ1) is 44.7. The lowest BCUT2D eigenvalue weighted by Gasteiger charge is -2.43. The number of carboxylic acids is 3. The van der Waals surface area contributed by atoms with Crippen molar-refractivity contribution in [3.63, 3.8) is 0 Å². The van der Waals surface area contributed by atoms with Crippen molar-refractivity contribution < 1.29 is 77.4 Å². The van der Waals surface area contributed by atoms with E-state index in [1.165, 1.54) is 16.9 Å². The molecule has 21 nitrogen and oxygen atoms in total. The number of fused-ring (bicyclic) bond motifs is 9. The molecule has 93 heavy (non-hydrogen) atoms. The van der Waals surface area contributed by atoms with Crippen molar-refractivity contribution in [3.05, 3.63) is 166 Å². The third-order valence-electron chi connectivity index (χ3n) is 19.4. The molecular weight excluding hydrogens is 1190 g/mol. The lowest BCUT2D eigenvalue weighted by molar-refractivity contribution is -0.156. The summed E-state index contributed by atoms with van der Waals surface area (Å²) in [4.78, 5) is 102. The number of nitrogens with one attached hydrogen (secondary N) is 2. The summed E-state index contributed by atoms with van der Waals surface area (Å²) in [5.41, 5.74) is 10.7. The molecule has 0 bridgehead atoms. The Morgan fingerprint density at radius 3 is 1.65 bits per heavy atom. The zero-order chi connectivity index (χ0) is 66.0. The molecule has 6 aromatic rings. The summed E-state index contributed by atoms with van der Waals surface area (Å²) in [5.74, 6) is -1.73. The normalized spacial score (nSPS) is 20.9. The van der Waals surface area contributed by atoms with Crippen LogP contribution >= 0.6 is 0 Å². The van der Waals surface area contributed by atoms with Crippen LogP contribution in [0.4, 0.5) is 9.59 Å². The molecule has 5 aliphatic heterocycles. The van der Waals surface area contributed by atoms with Crippen LogP contribution in [0.25, 0.3) is 22.3 Å². The van der Waals surface area contributed by atoms with E-state index in [0.29, 0.717) is 92.3 Å². The summed E-state index contributed by atoms with van der Waals surface area (Å²) in [6, 6.07) is 37.8. The number of carbonyl (C=O) groups excluding carboxylic acids is 5. The Hall–Kier alpha value is -9.92. The third-order valence-corrected chi connectivity index (χ3v) is 19.4. The predicted octanol–water partition coefficient (Wildman–Crippen LogP) is 10.3. The van der Waals surface area contributed by atoms with Crippen molar-refractivity contribution in [2.45, 2.75) is 127 Å². The van der Waals surface area contributed by atoms with Gasteiger partial charge < -0.3 is 59.4 Å². The van der Waals surface area contributed by atoms with E-state index in [2.05, 4.69) is 73.0 Å². The van der Waals surface area contributed by atoms with Crippen molar-refractivity contribution in [2.24, 2.45) is 5.92 Å². The maximum atomic E-state index is 13.1. The minimum absolute atomic E-state index is 0.0434. The highest BCUT2D eigenvalue weighted by atomic mass is 16.6. The number of alkyl carbamates (subject to hydrolysis) is 1. The topological polar surface area (TPSA) is 277 Å². The zero-order valence-electron chi connectivity index (χ0n) is 52.9. The third kappa shape index (κ3) is 12.3. The molecule has 13 rings (SSSR count). The molecule has 486 valence electrons. The molecule has 5 amide bonds. The number of rotatable bonds is 15. The van der Waals surface area contributed by atoms with Crippen LogP contribution < -0.4 is 24.8 Å². The summed E-state index contributed by atoms with van der Waals surface area (Å²) in [6.45, 7) is 9.87. The molecule has 21 heteroatoms. The fourth-order valence-electron chi connectivity index (χ4n) is 14.9. The van der Waals surface area contributed by atoms with Gasteiger partial charge in [0.15, 0.2) is 0 Å². The zero-order valence-corrected chi connectivity index (χ0v) is 52.9. The van der Waals surface area contributed by atoms with Gasteiger partial charge in [-0.3, -0.25) is 28.9 Å². The largest absolute Gasteiger partial charge is 0.496 e. The van der Waals surface area contributed by atoms with Gasteiger partial charge in [0.2, 0.25) is 17.7 Å². The fraction of sp³-hybridized carbons (Fsp3) is 0.389. The van der Waals surface area contributed by atoms with Crippen molar-refractivity contribution in [2.75, 3.05) is 47.1 Å². The predicted molar refractivity (Wildman–Crippen MR) is 341 cm³/mol. The number of carboxylic acid groups (broad SMARTS) is 3. The van der Waals surface area contributed by atoms with E-state index in [4.69, 9.17) is 28.8 Å². The minimum Gasteiger partial charge on any atom is -0.496 e. The van der Waals surface area contributed by atoms with Gasteiger partial charge in [-0.2, -0.15) is 0 Å². The van der Waals surface area contributed by atoms with Crippen molar-refractivity contribution in [1.29, 1.82) is 0 Å². The first-order valence-electron chi connectivity index (χ1n) is 31.6. The highest BCUT2D eigenvalue weighted by molar-refractivity contribution is 6.01. The Kier molecular flexibility index (Phi) is 18.6. The van der Waals surface area contributed by atoms with Gasteiger partial charge in [-0.15, -0.1) is 0 Å². The molecule has 0 saturated carbocycles. The molecular formula is C72H77N5O16. The molecule has 7 aliphatic rings. The number of likely N-dealkylation sites (tertiary alicyclic amines) is 2. The van der Waals surface area contributed by atoms with E-state index in [9.17, 15) is 48.6 Å². The highest BCUT2D eigenvalue weighted by Gasteiger charge is 2.56. The van der Waals surface area contributed by atoms with Crippen molar-refractivity contribution >= 4 is 47.8 Å². The van der Waals surface area contributed by atoms with Gasteiger partial charge in [0, 0.05) is 53.6 Å². The lowest BCUT2D eigenvalue weighted by atomic mass is 9.74. The molecule has 4 saturated heterocycles. The number of nitrogens with zero attached hydrogens (tertiary/aromatic N) is 3. The quantitative estimate of drug-likeness (QED) is 0.0639. The molecule has 5 heterocycles. The molecule has 6 aromatic carbocycles. The smallest absolute Gasteiger partial charge is 0.410 e. The second kappa shape index (κ2) is 26.7.